The molecule has 3 aliphatic rings. The van der Waals surface area contributed by atoms with Crippen molar-refractivity contribution in [2.24, 2.45) is 17.8 Å². The van der Waals surface area contributed by atoms with E-state index in [2.05, 4.69) is 24.1 Å². The number of nitrogens with zero attached hydrogens (tertiary/aromatic N) is 1. The van der Waals surface area contributed by atoms with Gasteiger partial charge >= 0.3 is 0 Å². The van der Waals surface area contributed by atoms with Crippen molar-refractivity contribution in [3.8, 4) is 0 Å². The van der Waals surface area contributed by atoms with E-state index in [9.17, 15) is 0 Å². The Kier molecular flexibility index (Phi) is 4.48. The Morgan fingerprint density at radius 2 is 2.16 bits per heavy atom. The van der Waals surface area contributed by atoms with Crippen molar-refractivity contribution in [3.05, 3.63) is 0 Å². The van der Waals surface area contributed by atoms with E-state index >= 15 is 0 Å². The van der Waals surface area contributed by atoms with Gasteiger partial charge in [0.05, 0.1) is 0 Å². The van der Waals surface area contributed by atoms with Gasteiger partial charge in [-0.25, -0.2) is 0 Å². The molecule has 1 aliphatic heterocycles. The van der Waals surface area contributed by atoms with Crippen LogP contribution in [-0.4, -0.2) is 36.6 Å². The third-order valence-electron chi connectivity index (χ3n) is 6.14. The maximum atomic E-state index is 3.75. The van der Waals surface area contributed by atoms with E-state index in [1.54, 1.807) is 6.42 Å². The van der Waals surface area contributed by atoms with Crippen LogP contribution < -0.4 is 5.32 Å². The SMILES string of the molecule is CCCC1CN(C(C)C2CC3CCC2C3)CCCN1. The van der Waals surface area contributed by atoms with Crippen LogP contribution in [0.15, 0.2) is 0 Å². The van der Waals surface area contributed by atoms with E-state index in [4.69, 9.17) is 0 Å². The van der Waals surface area contributed by atoms with Crippen molar-refractivity contribution in [3.63, 3.8) is 0 Å². The molecule has 1 N–H and O–H groups in total. The first-order chi connectivity index (χ1) is 9.28. The molecule has 5 atom stereocenters. The van der Waals surface area contributed by atoms with Gasteiger partial charge in [-0.15, -0.1) is 0 Å². The molecular weight excluding hydrogens is 232 g/mol. The molecule has 3 fully saturated rings. The second kappa shape index (κ2) is 6.13. The Labute approximate surface area is 119 Å². The van der Waals surface area contributed by atoms with E-state index in [0.717, 1.165) is 29.8 Å². The molecule has 2 nitrogen and oxygen atoms in total. The zero-order valence-corrected chi connectivity index (χ0v) is 12.9. The van der Waals surface area contributed by atoms with Crippen LogP contribution in [0.1, 0.15) is 58.8 Å². The van der Waals surface area contributed by atoms with E-state index in [-0.39, 0.29) is 0 Å². The summed E-state index contributed by atoms with van der Waals surface area (Å²) in [5.41, 5.74) is 0. The number of nitrogens with one attached hydrogen (secondary N) is 1. The average Bonchev–Trinajstić information content (AvgIpc) is 2.96. The number of fused-ring (bicyclic) bond motifs is 2. The predicted molar refractivity (Wildman–Crippen MR) is 81.3 cm³/mol. The lowest BCUT2D eigenvalue weighted by Gasteiger charge is -2.37. The standard InChI is InChI=1S/C17H32N2/c1-3-5-16-12-19(9-4-8-18-16)13(2)17-11-14-6-7-15(17)10-14/h13-18H,3-12H2,1-2H3. The Balaban J connectivity index is 1.59. The second-order valence-corrected chi connectivity index (χ2v) is 7.37. The minimum absolute atomic E-state index is 0.744. The smallest absolute Gasteiger partial charge is 0.0195 e. The molecule has 110 valence electrons. The highest BCUT2D eigenvalue weighted by Crippen LogP contribution is 2.50. The normalized spacial score (nSPS) is 41.4. The van der Waals surface area contributed by atoms with Gasteiger partial charge in [-0.1, -0.05) is 19.8 Å². The highest BCUT2D eigenvalue weighted by molar-refractivity contribution is 4.95. The van der Waals surface area contributed by atoms with Crippen LogP contribution in [-0.2, 0) is 0 Å². The van der Waals surface area contributed by atoms with Gasteiger partial charge in [0.25, 0.3) is 0 Å². The predicted octanol–water partition coefficient (Wildman–Crippen LogP) is 3.28. The van der Waals surface area contributed by atoms with Crippen molar-refractivity contribution >= 4 is 0 Å². The number of rotatable bonds is 4. The van der Waals surface area contributed by atoms with Gasteiger partial charge in [-0.05, 0) is 69.9 Å². The molecule has 2 saturated carbocycles. The Hall–Kier alpha value is -0.0800. The molecule has 0 radical (unpaired) electrons. The van der Waals surface area contributed by atoms with Crippen molar-refractivity contribution in [1.82, 2.24) is 10.2 Å². The van der Waals surface area contributed by atoms with Crippen LogP contribution in [0.5, 0.6) is 0 Å². The van der Waals surface area contributed by atoms with Gasteiger partial charge in [-0.2, -0.15) is 0 Å². The molecule has 0 aromatic carbocycles. The quantitative estimate of drug-likeness (QED) is 0.838. The summed E-state index contributed by atoms with van der Waals surface area (Å²) in [6.07, 6.45) is 10.2. The Morgan fingerprint density at radius 3 is 2.84 bits per heavy atom. The van der Waals surface area contributed by atoms with Crippen molar-refractivity contribution in [2.75, 3.05) is 19.6 Å². The van der Waals surface area contributed by atoms with Gasteiger partial charge in [0.1, 0.15) is 0 Å². The molecule has 1 heterocycles. The van der Waals surface area contributed by atoms with Crippen molar-refractivity contribution in [1.29, 1.82) is 0 Å². The Bertz CT molecular complexity index is 291. The topological polar surface area (TPSA) is 15.3 Å². The third-order valence-corrected chi connectivity index (χ3v) is 6.14. The number of hydrogen-bond donors (Lipinski definition) is 1. The first-order valence-electron chi connectivity index (χ1n) is 8.75. The molecule has 5 unspecified atom stereocenters. The lowest BCUT2D eigenvalue weighted by Crippen LogP contribution is -2.45. The molecule has 1 saturated heterocycles. The van der Waals surface area contributed by atoms with Crippen LogP contribution >= 0.6 is 0 Å². The van der Waals surface area contributed by atoms with E-state index in [1.165, 1.54) is 58.2 Å². The minimum atomic E-state index is 0.744. The molecule has 0 aromatic heterocycles. The molecule has 0 amide bonds. The highest BCUT2D eigenvalue weighted by atomic mass is 15.2. The summed E-state index contributed by atoms with van der Waals surface area (Å²) >= 11 is 0. The third kappa shape index (κ3) is 3.00. The van der Waals surface area contributed by atoms with Gasteiger partial charge in [0.2, 0.25) is 0 Å². The lowest BCUT2D eigenvalue weighted by atomic mass is 9.83. The monoisotopic (exact) mass is 264 g/mol. The molecule has 2 bridgehead atoms. The summed E-state index contributed by atoms with van der Waals surface area (Å²) in [6.45, 7) is 8.69. The fraction of sp³-hybridized carbons (Fsp3) is 1.00. The van der Waals surface area contributed by atoms with Crippen LogP contribution in [0.3, 0.4) is 0 Å². The summed E-state index contributed by atoms with van der Waals surface area (Å²) in [4.78, 5) is 2.83. The average molecular weight is 264 g/mol. The molecule has 2 heteroatoms. The fourth-order valence-electron chi connectivity index (χ4n) is 5.09. The van der Waals surface area contributed by atoms with E-state index in [1.807, 2.05) is 0 Å². The van der Waals surface area contributed by atoms with Gasteiger partial charge in [0, 0.05) is 18.6 Å². The molecule has 3 rings (SSSR count). The summed E-state index contributed by atoms with van der Waals surface area (Å²) in [6, 6.07) is 1.57. The van der Waals surface area contributed by atoms with Crippen LogP contribution in [0.2, 0.25) is 0 Å². The summed E-state index contributed by atoms with van der Waals surface area (Å²) in [7, 11) is 0. The second-order valence-electron chi connectivity index (χ2n) is 7.37. The van der Waals surface area contributed by atoms with E-state index < -0.39 is 0 Å². The van der Waals surface area contributed by atoms with Gasteiger partial charge in [-0.3, -0.25) is 4.90 Å². The summed E-state index contributed by atoms with van der Waals surface area (Å²) in [5, 5.41) is 3.75. The Morgan fingerprint density at radius 1 is 1.26 bits per heavy atom. The first-order valence-corrected chi connectivity index (χ1v) is 8.75. The molecule has 0 aromatic rings. The molecular formula is C17H32N2. The maximum absolute atomic E-state index is 3.75. The lowest BCUT2D eigenvalue weighted by molar-refractivity contribution is 0.116. The summed E-state index contributed by atoms with van der Waals surface area (Å²) in [5.74, 6) is 3.17. The zero-order chi connectivity index (χ0) is 13.2. The first kappa shape index (κ1) is 13.9. The minimum Gasteiger partial charge on any atom is -0.313 e. The maximum Gasteiger partial charge on any atom is 0.0195 e. The van der Waals surface area contributed by atoms with Gasteiger partial charge in [0.15, 0.2) is 0 Å². The van der Waals surface area contributed by atoms with Crippen molar-refractivity contribution < 1.29 is 0 Å². The van der Waals surface area contributed by atoms with Crippen LogP contribution in [0, 0.1) is 17.8 Å². The van der Waals surface area contributed by atoms with Gasteiger partial charge < -0.3 is 5.32 Å². The largest absolute Gasteiger partial charge is 0.313 e. The summed E-state index contributed by atoms with van der Waals surface area (Å²) < 4.78 is 0. The van der Waals surface area contributed by atoms with Crippen molar-refractivity contribution in [2.45, 2.75) is 70.9 Å². The fourth-order valence-corrected chi connectivity index (χ4v) is 5.09. The zero-order valence-electron chi connectivity index (χ0n) is 12.9. The number of hydrogen-bond acceptors (Lipinski definition) is 2. The van der Waals surface area contributed by atoms with Crippen LogP contribution in [0.25, 0.3) is 0 Å². The van der Waals surface area contributed by atoms with E-state index in [0.29, 0.717) is 0 Å². The molecule has 2 aliphatic carbocycles. The highest BCUT2D eigenvalue weighted by Gasteiger charge is 2.43. The molecule has 0 spiro atoms. The van der Waals surface area contributed by atoms with Crippen LogP contribution in [0.4, 0.5) is 0 Å². The molecule has 19 heavy (non-hydrogen) atoms.